The first-order chi connectivity index (χ1) is 7.31. The second-order valence-corrected chi connectivity index (χ2v) is 4.29. The molecule has 2 rings (SSSR count). The van der Waals surface area contributed by atoms with Crippen molar-refractivity contribution < 1.29 is 5.11 Å². The van der Waals surface area contributed by atoms with Crippen LogP contribution in [0, 0.1) is 6.92 Å². The van der Waals surface area contributed by atoms with E-state index in [9.17, 15) is 0 Å². The van der Waals surface area contributed by atoms with Gasteiger partial charge >= 0.3 is 0 Å². The molecule has 0 unspecified atom stereocenters. The molecule has 0 fully saturated rings. The second-order valence-electron chi connectivity index (χ2n) is 3.43. The number of aromatic nitrogens is 1. The number of benzene rings is 1. The van der Waals surface area contributed by atoms with Gasteiger partial charge in [-0.25, -0.2) is 4.98 Å². The lowest BCUT2D eigenvalue weighted by Crippen LogP contribution is -1.90. The molecule has 0 aliphatic carbocycles. The average molecular weight is 219 g/mol. The fourth-order valence-electron chi connectivity index (χ4n) is 1.47. The maximum Gasteiger partial charge on any atom is 0.123 e. The Morgan fingerprint density at radius 1 is 1.33 bits per heavy atom. The first-order valence-electron chi connectivity index (χ1n) is 4.92. The lowest BCUT2D eigenvalue weighted by molar-refractivity contribution is 0.298. The molecular formula is C12H13NOS. The van der Waals surface area contributed by atoms with Crippen molar-refractivity contribution in [2.75, 3.05) is 6.61 Å². The SMILES string of the molecule is Cc1ccccc1-c1nc(CCO)cs1. The van der Waals surface area contributed by atoms with Crippen LogP contribution < -0.4 is 0 Å². The van der Waals surface area contributed by atoms with Gasteiger partial charge in [0.2, 0.25) is 0 Å². The quantitative estimate of drug-likeness (QED) is 0.861. The molecule has 0 bridgehead atoms. The van der Waals surface area contributed by atoms with Gasteiger partial charge in [0.15, 0.2) is 0 Å². The van der Waals surface area contributed by atoms with Crippen molar-refractivity contribution in [1.29, 1.82) is 0 Å². The number of aliphatic hydroxyl groups excluding tert-OH is 1. The summed E-state index contributed by atoms with van der Waals surface area (Å²) in [6.07, 6.45) is 0.641. The van der Waals surface area contributed by atoms with Crippen molar-refractivity contribution in [3.8, 4) is 10.6 Å². The van der Waals surface area contributed by atoms with E-state index in [0.717, 1.165) is 10.7 Å². The van der Waals surface area contributed by atoms with E-state index in [-0.39, 0.29) is 6.61 Å². The highest BCUT2D eigenvalue weighted by Gasteiger charge is 2.05. The Kier molecular flexibility index (Phi) is 3.14. The largest absolute Gasteiger partial charge is 0.396 e. The van der Waals surface area contributed by atoms with Gasteiger partial charge in [-0.15, -0.1) is 11.3 Å². The lowest BCUT2D eigenvalue weighted by atomic mass is 10.1. The fourth-order valence-corrected chi connectivity index (χ4v) is 2.42. The Labute approximate surface area is 93.2 Å². The topological polar surface area (TPSA) is 33.1 Å². The molecule has 3 heteroatoms. The zero-order valence-electron chi connectivity index (χ0n) is 8.60. The molecule has 0 amide bonds. The molecule has 15 heavy (non-hydrogen) atoms. The number of nitrogens with zero attached hydrogens (tertiary/aromatic N) is 1. The molecule has 1 heterocycles. The van der Waals surface area contributed by atoms with Crippen LogP contribution in [0.3, 0.4) is 0 Å². The summed E-state index contributed by atoms with van der Waals surface area (Å²) >= 11 is 1.63. The van der Waals surface area contributed by atoms with Crippen LogP contribution in [0.25, 0.3) is 10.6 Å². The highest BCUT2D eigenvalue weighted by molar-refractivity contribution is 7.13. The van der Waals surface area contributed by atoms with Crippen LogP contribution >= 0.6 is 11.3 Å². The molecular weight excluding hydrogens is 206 g/mol. The molecule has 78 valence electrons. The van der Waals surface area contributed by atoms with Crippen molar-refractivity contribution in [1.82, 2.24) is 4.98 Å². The van der Waals surface area contributed by atoms with E-state index in [4.69, 9.17) is 5.11 Å². The number of aryl methyl sites for hydroxylation is 1. The van der Waals surface area contributed by atoms with Gasteiger partial charge in [-0.3, -0.25) is 0 Å². The van der Waals surface area contributed by atoms with E-state index in [0.29, 0.717) is 6.42 Å². The van der Waals surface area contributed by atoms with Gasteiger partial charge in [0, 0.05) is 24.0 Å². The van der Waals surface area contributed by atoms with E-state index in [1.54, 1.807) is 11.3 Å². The van der Waals surface area contributed by atoms with Crippen molar-refractivity contribution >= 4 is 11.3 Å². The molecule has 1 N–H and O–H groups in total. The van der Waals surface area contributed by atoms with Crippen LogP contribution in [0.4, 0.5) is 0 Å². The smallest absolute Gasteiger partial charge is 0.123 e. The van der Waals surface area contributed by atoms with Crippen molar-refractivity contribution in [3.05, 3.63) is 40.9 Å². The van der Waals surface area contributed by atoms with E-state index in [1.165, 1.54) is 11.1 Å². The molecule has 1 aromatic carbocycles. The van der Waals surface area contributed by atoms with Crippen LogP contribution in [0.5, 0.6) is 0 Å². The van der Waals surface area contributed by atoms with Gasteiger partial charge in [-0.05, 0) is 12.5 Å². The summed E-state index contributed by atoms with van der Waals surface area (Å²) in [5.41, 5.74) is 3.40. The Bertz CT molecular complexity index is 450. The van der Waals surface area contributed by atoms with Gasteiger partial charge in [-0.2, -0.15) is 0 Å². The van der Waals surface area contributed by atoms with Gasteiger partial charge in [0.1, 0.15) is 5.01 Å². The van der Waals surface area contributed by atoms with E-state index >= 15 is 0 Å². The minimum absolute atomic E-state index is 0.164. The maximum absolute atomic E-state index is 8.82. The zero-order chi connectivity index (χ0) is 10.7. The van der Waals surface area contributed by atoms with Gasteiger partial charge in [-0.1, -0.05) is 24.3 Å². The zero-order valence-corrected chi connectivity index (χ0v) is 9.42. The standard InChI is InChI=1S/C12H13NOS/c1-9-4-2-3-5-11(9)12-13-10(6-7-14)8-15-12/h2-5,8,14H,6-7H2,1H3. The van der Waals surface area contributed by atoms with Gasteiger partial charge < -0.3 is 5.11 Å². The molecule has 2 nitrogen and oxygen atoms in total. The highest BCUT2D eigenvalue weighted by atomic mass is 32.1. The van der Waals surface area contributed by atoms with Crippen LogP contribution in [0.15, 0.2) is 29.6 Å². The number of hydrogen-bond acceptors (Lipinski definition) is 3. The van der Waals surface area contributed by atoms with E-state index < -0.39 is 0 Å². The summed E-state index contributed by atoms with van der Waals surface area (Å²) in [5.74, 6) is 0. The molecule has 0 radical (unpaired) electrons. The predicted molar refractivity (Wildman–Crippen MR) is 63.1 cm³/mol. The summed E-state index contributed by atoms with van der Waals surface area (Å²) < 4.78 is 0. The Balaban J connectivity index is 2.33. The Hall–Kier alpha value is -1.19. The van der Waals surface area contributed by atoms with Crippen molar-refractivity contribution in [2.24, 2.45) is 0 Å². The van der Waals surface area contributed by atoms with Crippen molar-refractivity contribution in [2.45, 2.75) is 13.3 Å². The second kappa shape index (κ2) is 4.55. The third kappa shape index (κ3) is 2.25. The molecule has 0 atom stereocenters. The van der Waals surface area contributed by atoms with Crippen LogP contribution in [-0.4, -0.2) is 16.7 Å². The van der Waals surface area contributed by atoms with Gasteiger partial charge in [0.25, 0.3) is 0 Å². The number of thiazole rings is 1. The Morgan fingerprint density at radius 2 is 2.13 bits per heavy atom. The summed E-state index contributed by atoms with van der Waals surface area (Å²) in [4.78, 5) is 4.49. The summed E-state index contributed by atoms with van der Waals surface area (Å²) in [6.45, 7) is 2.25. The van der Waals surface area contributed by atoms with Crippen LogP contribution in [0.1, 0.15) is 11.3 Å². The van der Waals surface area contributed by atoms with Crippen molar-refractivity contribution in [3.63, 3.8) is 0 Å². The molecule has 1 aromatic heterocycles. The first kappa shape index (κ1) is 10.3. The minimum Gasteiger partial charge on any atom is -0.396 e. The van der Waals surface area contributed by atoms with Crippen LogP contribution in [0.2, 0.25) is 0 Å². The van der Waals surface area contributed by atoms with Crippen LogP contribution in [-0.2, 0) is 6.42 Å². The number of hydrogen-bond donors (Lipinski definition) is 1. The minimum atomic E-state index is 0.164. The third-order valence-electron chi connectivity index (χ3n) is 2.30. The monoisotopic (exact) mass is 219 g/mol. The molecule has 0 saturated heterocycles. The summed E-state index contributed by atoms with van der Waals surface area (Å²) in [5, 5.41) is 11.9. The number of aliphatic hydroxyl groups is 1. The molecule has 0 aliphatic heterocycles. The lowest BCUT2D eigenvalue weighted by Gasteiger charge is -2.00. The third-order valence-corrected chi connectivity index (χ3v) is 3.22. The summed E-state index contributed by atoms with van der Waals surface area (Å²) in [6, 6.07) is 8.22. The molecule has 0 saturated carbocycles. The fraction of sp³-hybridized carbons (Fsp3) is 0.250. The average Bonchev–Trinajstić information content (AvgIpc) is 2.68. The van der Waals surface area contributed by atoms with E-state index in [1.807, 2.05) is 17.5 Å². The Morgan fingerprint density at radius 3 is 2.87 bits per heavy atom. The van der Waals surface area contributed by atoms with E-state index in [2.05, 4.69) is 24.0 Å². The predicted octanol–water partition coefficient (Wildman–Crippen LogP) is 2.65. The highest BCUT2D eigenvalue weighted by Crippen LogP contribution is 2.26. The molecule has 0 spiro atoms. The first-order valence-corrected chi connectivity index (χ1v) is 5.80. The van der Waals surface area contributed by atoms with Gasteiger partial charge in [0.05, 0.1) is 5.69 Å². The summed E-state index contributed by atoms with van der Waals surface area (Å²) in [7, 11) is 0. The normalized spacial score (nSPS) is 10.5. The number of rotatable bonds is 3. The molecule has 2 aromatic rings. The maximum atomic E-state index is 8.82. The molecule has 0 aliphatic rings.